The average Bonchev–Trinajstić information content (AvgIpc) is 3.37. The smallest absolute Gasteiger partial charge is 0.251 e. The molecular formula is C28H32Cl2N4O. The second kappa shape index (κ2) is 11.1. The Labute approximate surface area is 217 Å². The Morgan fingerprint density at radius 2 is 1.83 bits per heavy atom. The van der Waals surface area contributed by atoms with Crippen LogP contribution in [0.5, 0.6) is 0 Å². The van der Waals surface area contributed by atoms with Crippen LogP contribution in [-0.4, -0.2) is 24.0 Å². The van der Waals surface area contributed by atoms with Gasteiger partial charge in [-0.25, -0.2) is 5.43 Å². The van der Waals surface area contributed by atoms with E-state index in [4.69, 9.17) is 23.2 Å². The molecule has 1 unspecified atom stereocenters. The average molecular weight is 511 g/mol. The Morgan fingerprint density at radius 3 is 2.60 bits per heavy atom. The van der Waals surface area contributed by atoms with E-state index in [1.165, 1.54) is 24.8 Å². The topological polar surface area (TPSA) is 56.4 Å². The summed E-state index contributed by atoms with van der Waals surface area (Å²) in [6.45, 7) is 1.34. The van der Waals surface area contributed by atoms with E-state index in [2.05, 4.69) is 51.4 Å². The zero-order chi connectivity index (χ0) is 24.2. The number of aryl methyl sites for hydroxylation is 1. The van der Waals surface area contributed by atoms with Crippen LogP contribution in [0, 0.1) is 5.92 Å². The molecule has 0 spiro atoms. The van der Waals surface area contributed by atoms with Gasteiger partial charge in [0.25, 0.3) is 5.91 Å². The van der Waals surface area contributed by atoms with Crippen molar-refractivity contribution in [2.24, 2.45) is 5.92 Å². The largest absolute Gasteiger partial charge is 0.352 e. The molecule has 2 heterocycles. The van der Waals surface area contributed by atoms with Crippen molar-refractivity contribution in [2.45, 2.75) is 51.0 Å². The van der Waals surface area contributed by atoms with Crippen molar-refractivity contribution in [2.75, 3.05) is 13.1 Å². The predicted molar refractivity (Wildman–Crippen MR) is 142 cm³/mol. The quantitative estimate of drug-likeness (QED) is 0.407. The molecule has 2 aliphatic heterocycles. The molecule has 1 amide bonds. The number of rotatable bonds is 7. The van der Waals surface area contributed by atoms with Gasteiger partial charge < -0.3 is 10.6 Å². The fourth-order valence-electron chi connectivity index (χ4n) is 5.44. The monoisotopic (exact) mass is 510 g/mol. The number of hydrazine groups is 1. The molecule has 1 atom stereocenters. The summed E-state index contributed by atoms with van der Waals surface area (Å²) < 4.78 is 0. The molecule has 3 aliphatic rings. The summed E-state index contributed by atoms with van der Waals surface area (Å²) in [7, 11) is 0. The molecule has 0 bridgehead atoms. The maximum absolute atomic E-state index is 13.8. The molecule has 1 fully saturated rings. The number of halogens is 2. The van der Waals surface area contributed by atoms with E-state index >= 15 is 0 Å². The number of amides is 1. The van der Waals surface area contributed by atoms with Gasteiger partial charge in [-0.15, -0.1) is 0 Å². The molecule has 5 nitrogen and oxygen atoms in total. The fourth-order valence-corrected chi connectivity index (χ4v) is 5.75. The van der Waals surface area contributed by atoms with Gasteiger partial charge in [-0.1, -0.05) is 78.9 Å². The minimum absolute atomic E-state index is 0.0186. The Kier molecular flexibility index (Phi) is 7.66. The van der Waals surface area contributed by atoms with Crippen LogP contribution < -0.4 is 16.1 Å². The van der Waals surface area contributed by atoms with Gasteiger partial charge in [-0.2, -0.15) is 0 Å². The van der Waals surface area contributed by atoms with E-state index < -0.39 is 0 Å². The molecule has 0 saturated heterocycles. The first kappa shape index (κ1) is 24.2. The van der Waals surface area contributed by atoms with Crippen LogP contribution in [0.3, 0.4) is 0 Å². The lowest BCUT2D eigenvalue weighted by Gasteiger charge is -2.42. The van der Waals surface area contributed by atoms with Gasteiger partial charge in [0, 0.05) is 18.8 Å². The molecule has 1 aliphatic carbocycles. The Morgan fingerprint density at radius 1 is 1.03 bits per heavy atom. The summed E-state index contributed by atoms with van der Waals surface area (Å²) in [5.74, 6) is 1.33. The molecule has 2 aromatic carbocycles. The van der Waals surface area contributed by atoms with Crippen molar-refractivity contribution in [1.82, 2.24) is 21.1 Å². The van der Waals surface area contributed by atoms with Crippen LogP contribution in [0.2, 0.25) is 10.0 Å². The summed E-state index contributed by atoms with van der Waals surface area (Å²) in [6, 6.07) is 15.8. The van der Waals surface area contributed by atoms with Gasteiger partial charge in [0.05, 0.1) is 15.6 Å². The lowest BCUT2D eigenvalue weighted by molar-refractivity contribution is -0.118. The molecule has 184 valence electrons. The van der Waals surface area contributed by atoms with Crippen molar-refractivity contribution < 1.29 is 4.79 Å². The van der Waals surface area contributed by atoms with E-state index in [1.807, 2.05) is 24.3 Å². The van der Waals surface area contributed by atoms with Crippen LogP contribution in [0.4, 0.5) is 0 Å². The van der Waals surface area contributed by atoms with Gasteiger partial charge in [0.15, 0.2) is 0 Å². The zero-order valence-electron chi connectivity index (χ0n) is 19.8. The highest BCUT2D eigenvalue weighted by Crippen LogP contribution is 2.42. The lowest BCUT2D eigenvalue weighted by atomic mass is 9.81. The summed E-state index contributed by atoms with van der Waals surface area (Å²) in [6.07, 6.45) is 9.81. The Hall–Kier alpha value is -2.47. The van der Waals surface area contributed by atoms with Gasteiger partial charge >= 0.3 is 0 Å². The number of hydrogen-bond donors (Lipinski definition) is 3. The Balaban J connectivity index is 1.45. The number of nitrogens with one attached hydrogen (secondary N) is 3. The number of benzene rings is 2. The van der Waals surface area contributed by atoms with Gasteiger partial charge in [0.1, 0.15) is 11.9 Å². The van der Waals surface area contributed by atoms with Crippen molar-refractivity contribution in [1.29, 1.82) is 0 Å². The molecule has 1 saturated carbocycles. The molecule has 0 radical (unpaired) electrons. The molecule has 5 rings (SSSR count). The third-order valence-electron chi connectivity index (χ3n) is 7.19. The van der Waals surface area contributed by atoms with Crippen LogP contribution >= 0.6 is 23.2 Å². The van der Waals surface area contributed by atoms with E-state index in [9.17, 15) is 4.79 Å². The summed E-state index contributed by atoms with van der Waals surface area (Å²) >= 11 is 12.7. The highest BCUT2D eigenvalue weighted by atomic mass is 35.5. The van der Waals surface area contributed by atoms with E-state index in [0.29, 0.717) is 29.1 Å². The molecule has 35 heavy (non-hydrogen) atoms. The minimum atomic E-state index is -0.286. The third kappa shape index (κ3) is 5.37. The first-order valence-electron chi connectivity index (χ1n) is 12.6. The van der Waals surface area contributed by atoms with Crippen LogP contribution in [-0.2, 0) is 11.2 Å². The second-order valence-corrected chi connectivity index (χ2v) is 10.3. The maximum atomic E-state index is 13.8. The fraction of sp³-hybridized carbons (Fsp3) is 0.393. The number of carbonyl (C=O) groups is 1. The minimum Gasteiger partial charge on any atom is -0.352 e. The van der Waals surface area contributed by atoms with Gasteiger partial charge in [-0.3, -0.25) is 9.80 Å². The molecule has 2 aromatic rings. The van der Waals surface area contributed by atoms with Crippen molar-refractivity contribution in [3.05, 3.63) is 92.9 Å². The summed E-state index contributed by atoms with van der Waals surface area (Å²) in [4.78, 5) is 13.8. The Bertz CT molecular complexity index is 1130. The molecule has 3 N–H and O–H groups in total. The van der Waals surface area contributed by atoms with E-state index in [-0.39, 0.29) is 11.9 Å². The van der Waals surface area contributed by atoms with Crippen LogP contribution in [0.25, 0.3) is 0 Å². The predicted octanol–water partition coefficient (Wildman–Crippen LogP) is 5.88. The lowest BCUT2D eigenvalue weighted by Crippen LogP contribution is -2.49. The van der Waals surface area contributed by atoms with E-state index in [0.717, 1.165) is 48.3 Å². The maximum Gasteiger partial charge on any atom is 0.251 e. The van der Waals surface area contributed by atoms with Gasteiger partial charge in [0.2, 0.25) is 0 Å². The highest BCUT2D eigenvalue weighted by molar-refractivity contribution is 6.42. The first-order chi connectivity index (χ1) is 17.1. The normalized spacial score (nSPS) is 20.3. The third-order valence-corrected chi connectivity index (χ3v) is 7.93. The SMILES string of the molecule is O=C(NCCCc1ccccc1)C1=C(C2CCCCC2)NC2=CCNN2C1c1ccc(Cl)c(Cl)c1. The summed E-state index contributed by atoms with van der Waals surface area (Å²) in [5, 5.41) is 9.94. The van der Waals surface area contributed by atoms with Crippen molar-refractivity contribution in [3.8, 4) is 0 Å². The standard InChI is InChI=1S/C28H32Cl2N4O/c29-22-14-13-21(18-23(22)30)27-25(28(35)31-16-7-10-19-8-3-1-4-9-19)26(20-11-5-2-6-12-20)33-24-15-17-32-34(24)27/h1,3-4,8-9,13-15,18,20,27,32-33H,2,5-7,10-12,16-17H2,(H,31,35). The molecular weight excluding hydrogens is 479 g/mol. The number of carbonyl (C=O) groups excluding carboxylic acids is 1. The number of hydrogen-bond acceptors (Lipinski definition) is 4. The zero-order valence-corrected chi connectivity index (χ0v) is 21.3. The number of allylic oxidation sites excluding steroid dienone is 1. The molecule has 0 aromatic heterocycles. The number of fused-ring (bicyclic) bond motifs is 1. The van der Waals surface area contributed by atoms with E-state index in [1.54, 1.807) is 0 Å². The van der Waals surface area contributed by atoms with Crippen LogP contribution in [0.15, 0.2) is 71.7 Å². The van der Waals surface area contributed by atoms with Crippen molar-refractivity contribution >= 4 is 29.1 Å². The second-order valence-electron chi connectivity index (χ2n) is 9.53. The van der Waals surface area contributed by atoms with Gasteiger partial charge in [-0.05, 0) is 60.9 Å². The van der Waals surface area contributed by atoms with Crippen molar-refractivity contribution in [3.63, 3.8) is 0 Å². The highest BCUT2D eigenvalue weighted by Gasteiger charge is 2.40. The number of nitrogens with zero attached hydrogens (tertiary/aromatic N) is 1. The summed E-state index contributed by atoms with van der Waals surface area (Å²) in [5.41, 5.74) is 7.50. The molecule has 7 heteroatoms. The first-order valence-corrected chi connectivity index (χ1v) is 13.4. The van der Waals surface area contributed by atoms with Crippen LogP contribution in [0.1, 0.15) is 55.7 Å².